The molecule has 1 aromatic rings. The number of para-hydroxylation sites is 1. The SMILES string of the molecule is COC(=O)NC1CCN(C(=O)Nc2ccccc2)CC1. The maximum atomic E-state index is 12.1. The van der Waals surface area contributed by atoms with Gasteiger partial charge >= 0.3 is 12.1 Å². The summed E-state index contributed by atoms with van der Waals surface area (Å²) in [4.78, 5) is 24.9. The number of methoxy groups -OCH3 is 1. The van der Waals surface area contributed by atoms with E-state index in [1.165, 1.54) is 7.11 Å². The maximum absolute atomic E-state index is 12.1. The number of piperidine rings is 1. The van der Waals surface area contributed by atoms with Crippen molar-refractivity contribution in [3.63, 3.8) is 0 Å². The number of urea groups is 1. The van der Waals surface area contributed by atoms with Crippen LogP contribution in [0.4, 0.5) is 15.3 Å². The van der Waals surface area contributed by atoms with Crippen molar-refractivity contribution in [2.75, 3.05) is 25.5 Å². The van der Waals surface area contributed by atoms with Crippen molar-refractivity contribution in [1.29, 1.82) is 0 Å². The number of hydrogen-bond acceptors (Lipinski definition) is 3. The summed E-state index contributed by atoms with van der Waals surface area (Å²) in [5.74, 6) is 0. The number of benzene rings is 1. The lowest BCUT2D eigenvalue weighted by molar-refractivity contribution is 0.155. The van der Waals surface area contributed by atoms with Crippen LogP contribution in [0.2, 0.25) is 0 Å². The van der Waals surface area contributed by atoms with Gasteiger partial charge in [0, 0.05) is 24.8 Å². The van der Waals surface area contributed by atoms with E-state index >= 15 is 0 Å². The van der Waals surface area contributed by atoms with E-state index in [0.717, 1.165) is 18.5 Å². The minimum Gasteiger partial charge on any atom is -0.453 e. The number of likely N-dealkylation sites (tertiary alicyclic amines) is 1. The molecule has 1 fully saturated rings. The molecule has 0 aliphatic carbocycles. The minimum atomic E-state index is -0.419. The standard InChI is InChI=1S/C14H19N3O3/c1-20-14(19)16-12-7-9-17(10-8-12)13(18)15-11-5-3-2-4-6-11/h2-6,12H,7-10H2,1H3,(H,15,18)(H,16,19). The largest absolute Gasteiger partial charge is 0.453 e. The van der Waals surface area contributed by atoms with Gasteiger partial charge in [0.05, 0.1) is 7.11 Å². The topological polar surface area (TPSA) is 70.7 Å². The molecule has 0 unspecified atom stereocenters. The molecule has 3 amide bonds. The van der Waals surface area contributed by atoms with E-state index in [-0.39, 0.29) is 12.1 Å². The normalized spacial score (nSPS) is 15.6. The first-order chi connectivity index (χ1) is 9.69. The van der Waals surface area contributed by atoms with Gasteiger partial charge in [-0.3, -0.25) is 0 Å². The molecule has 20 heavy (non-hydrogen) atoms. The first-order valence-corrected chi connectivity index (χ1v) is 6.64. The van der Waals surface area contributed by atoms with Crippen LogP contribution in [0.3, 0.4) is 0 Å². The van der Waals surface area contributed by atoms with Gasteiger partial charge < -0.3 is 20.3 Å². The summed E-state index contributed by atoms with van der Waals surface area (Å²) in [6, 6.07) is 9.33. The van der Waals surface area contributed by atoms with Crippen molar-refractivity contribution < 1.29 is 14.3 Å². The van der Waals surface area contributed by atoms with Gasteiger partial charge in [-0.05, 0) is 25.0 Å². The van der Waals surface area contributed by atoms with Crippen molar-refractivity contribution in [3.05, 3.63) is 30.3 Å². The molecule has 1 aromatic carbocycles. The number of hydrogen-bond donors (Lipinski definition) is 2. The van der Waals surface area contributed by atoms with Crippen LogP contribution >= 0.6 is 0 Å². The second kappa shape index (κ2) is 6.79. The Balaban J connectivity index is 1.78. The first kappa shape index (κ1) is 14.2. The Bertz CT molecular complexity index is 456. The van der Waals surface area contributed by atoms with Crippen molar-refractivity contribution >= 4 is 17.8 Å². The van der Waals surface area contributed by atoms with Gasteiger partial charge in [0.25, 0.3) is 0 Å². The fraction of sp³-hybridized carbons (Fsp3) is 0.429. The molecule has 0 atom stereocenters. The summed E-state index contributed by atoms with van der Waals surface area (Å²) in [6.07, 6.45) is 1.05. The lowest BCUT2D eigenvalue weighted by Gasteiger charge is -2.32. The van der Waals surface area contributed by atoms with Gasteiger partial charge in [-0.1, -0.05) is 18.2 Å². The number of amides is 3. The van der Waals surface area contributed by atoms with E-state index in [0.29, 0.717) is 13.1 Å². The quantitative estimate of drug-likeness (QED) is 0.869. The van der Waals surface area contributed by atoms with Gasteiger partial charge in [-0.2, -0.15) is 0 Å². The molecule has 6 heteroatoms. The van der Waals surface area contributed by atoms with E-state index in [1.54, 1.807) is 4.90 Å². The van der Waals surface area contributed by atoms with E-state index < -0.39 is 6.09 Å². The molecule has 0 saturated carbocycles. The van der Waals surface area contributed by atoms with Crippen LogP contribution in [0.5, 0.6) is 0 Å². The minimum absolute atomic E-state index is 0.0724. The lowest BCUT2D eigenvalue weighted by atomic mass is 10.1. The van der Waals surface area contributed by atoms with Crippen LogP contribution in [-0.4, -0.2) is 43.3 Å². The van der Waals surface area contributed by atoms with Gasteiger partial charge in [-0.25, -0.2) is 9.59 Å². The number of carbonyl (C=O) groups is 2. The molecule has 0 spiro atoms. The van der Waals surface area contributed by atoms with Crippen molar-refractivity contribution in [2.45, 2.75) is 18.9 Å². The van der Waals surface area contributed by atoms with E-state index in [1.807, 2.05) is 30.3 Å². The fourth-order valence-electron chi connectivity index (χ4n) is 2.18. The third-order valence-electron chi connectivity index (χ3n) is 3.31. The van der Waals surface area contributed by atoms with E-state index in [9.17, 15) is 9.59 Å². The van der Waals surface area contributed by atoms with Crippen LogP contribution in [-0.2, 0) is 4.74 Å². The van der Waals surface area contributed by atoms with Crippen LogP contribution < -0.4 is 10.6 Å². The summed E-state index contributed by atoms with van der Waals surface area (Å²) in [5, 5.41) is 5.61. The first-order valence-electron chi connectivity index (χ1n) is 6.64. The third-order valence-corrected chi connectivity index (χ3v) is 3.31. The van der Waals surface area contributed by atoms with Gasteiger partial charge in [0.15, 0.2) is 0 Å². The summed E-state index contributed by atoms with van der Waals surface area (Å²) >= 11 is 0. The summed E-state index contributed by atoms with van der Waals surface area (Å²) in [6.45, 7) is 1.24. The Kier molecular flexibility index (Phi) is 4.81. The zero-order chi connectivity index (χ0) is 14.4. The van der Waals surface area contributed by atoms with Crippen molar-refractivity contribution in [2.24, 2.45) is 0 Å². The summed E-state index contributed by atoms with van der Waals surface area (Å²) in [7, 11) is 1.35. The monoisotopic (exact) mass is 277 g/mol. The molecular formula is C14H19N3O3. The number of nitrogens with one attached hydrogen (secondary N) is 2. The van der Waals surface area contributed by atoms with Gasteiger partial charge in [-0.15, -0.1) is 0 Å². The summed E-state index contributed by atoms with van der Waals surface area (Å²) < 4.78 is 4.56. The Morgan fingerprint density at radius 1 is 1.20 bits per heavy atom. The highest BCUT2D eigenvalue weighted by atomic mass is 16.5. The van der Waals surface area contributed by atoms with Crippen molar-refractivity contribution in [1.82, 2.24) is 10.2 Å². The molecule has 2 N–H and O–H groups in total. The molecule has 1 saturated heterocycles. The molecule has 1 aliphatic heterocycles. The molecule has 2 rings (SSSR count). The molecule has 1 aliphatic rings. The molecule has 0 bridgehead atoms. The van der Waals surface area contributed by atoms with E-state index in [4.69, 9.17) is 0 Å². The fourth-order valence-corrected chi connectivity index (χ4v) is 2.18. The van der Waals surface area contributed by atoms with Crippen LogP contribution in [0.15, 0.2) is 30.3 Å². The number of nitrogens with zero attached hydrogens (tertiary/aromatic N) is 1. The predicted molar refractivity (Wildman–Crippen MR) is 75.6 cm³/mol. The Hall–Kier alpha value is -2.24. The smallest absolute Gasteiger partial charge is 0.407 e. The highest BCUT2D eigenvalue weighted by Crippen LogP contribution is 2.13. The predicted octanol–water partition coefficient (Wildman–Crippen LogP) is 2.04. The maximum Gasteiger partial charge on any atom is 0.407 e. The zero-order valence-electron chi connectivity index (χ0n) is 11.5. The average molecular weight is 277 g/mol. The molecule has 0 radical (unpaired) electrons. The Morgan fingerprint density at radius 3 is 2.45 bits per heavy atom. The summed E-state index contributed by atoms with van der Waals surface area (Å²) in [5.41, 5.74) is 0.785. The highest BCUT2D eigenvalue weighted by molar-refractivity contribution is 5.89. The molecule has 6 nitrogen and oxygen atoms in total. The zero-order valence-corrected chi connectivity index (χ0v) is 11.5. The van der Waals surface area contributed by atoms with Crippen LogP contribution in [0.25, 0.3) is 0 Å². The second-order valence-corrected chi connectivity index (χ2v) is 4.69. The number of anilines is 1. The molecular weight excluding hydrogens is 258 g/mol. The number of carbonyl (C=O) groups excluding carboxylic acids is 2. The number of alkyl carbamates (subject to hydrolysis) is 1. The Labute approximate surface area is 118 Å². The number of ether oxygens (including phenoxy) is 1. The average Bonchev–Trinajstić information content (AvgIpc) is 2.49. The second-order valence-electron chi connectivity index (χ2n) is 4.69. The molecule has 0 aromatic heterocycles. The van der Waals surface area contributed by atoms with Crippen LogP contribution in [0, 0.1) is 0 Å². The Morgan fingerprint density at radius 2 is 1.85 bits per heavy atom. The van der Waals surface area contributed by atoms with Crippen LogP contribution in [0.1, 0.15) is 12.8 Å². The molecule has 108 valence electrons. The van der Waals surface area contributed by atoms with Gasteiger partial charge in [0.2, 0.25) is 0 Å². The lowest BCUT2D eigenvalue weighted by Crippen LogP contribution is -2.47. The highest BCUT2D eigenvalue weighted by Gasteiger charge is 2.23. The number of rotatable bonds is 2. The van der Waals surface area contributed by atoms with Gasteiger partial charge in [0.1, 0.15) is 0 Å². The van der Waals surface area contributed by atoms with E-state index in [2.05, 4.69) is 15.4 Å². The molecule has 1 heterocycles. The van der Waals surface area contributed by atoms with Crippen molar-refractivity contribution in [3.8, 4) is 0 Å². The third kappa shape index (κ3) is 3.88.